The number of nitrogens with zero attached hydrogens (tertiary/aromatic N) is 2. The van der Waals surface area contributed by atoms with E-state index in [4.69, 9.17) is 26.7 Å². The highest BCUT2D eigenvalue weighted by Crippen LogP contribution is 2.32. The monoisotopic (exact) mass is 519 g/mol. The average molecular weight is 520 g/mol. The van der Waals surface area contributed by atoms with Crippen molar-refractivity contribution in [3.63, 3.8) is 0 Å². The van der Waals surface area contributed by atoms with Crippen molar-refractivity contribution in [2.45, 2.75) is 52.7 Å². The second-order valence-electron chi connectivity index (χ2n) is 9.69. The predicted molar refractivity (Wildman–Crippen MR) is 149 cm³/mol. The molecule has 1 saturated carbocycles. The molecule has 8 heteroatoms. The van der Waals surface area contributed by atoms with Crippen LogP contribution in [0.2, 0.25) is 5.02 Å². The molecule has 4 rings (SSSR count). The molecular formula is C29H34ClN5O2. The quantitative estimate of drug-likeness (QED) is 0.309. The van der Waals surface area contributed by atoms with Crippen molar-refractivity contribution >= 4 is 40.3 Å². The number of amides is 1. The Morgan fingerprint density at radius 2 is 2.14 bits per heavy atom. The van der Waals surface area contributed by atoms with Crippen molar-refractivity contribution in [1.29, 1.82) is 5.41 Å². The first kappa shape index (κ1) is 26.6. The van der Waals surface area contributed by atoms with E-state index in [1.54, 1.807) is 18.5 Å². The Morgan fingerprint density at radius 3 is 2.89 bits per heavy atom. The molecule has 0 radical (unpaired) electrons. The zero-order chi connectivity index (χ0) is 26.4. The number of ether oxygens (including phenoxy) is 1. The lowest BCUT2D eigenvalue weighted by atomic mass is 9.82. The number of pyridine rings is 2. The van der Waals surface area contributed by atoms with E-state index >= 15 is 0 Å². The topological polar surface area (TPSA) is 100.0 Å². The van der Waals surface area contributed by atoms with Gasteiger partial charge in [-0.15, -0.1) is 0 Å². The second kappa shape index (κ2) is 12.2. The van der Waals surface area contributed by atoms with Crippen LogP contribution in [0.1, 0.15) is 55.0 Å². The molecule has 1 aromatic carbocycles. The molecule has 1 aliphatic carbocycles. The van der Waals surface area contributed by atoms with Crippen LogP contribution >= 0.6 is 11.6 Å². The van der Waals surface area contributed by atoms with E-state index in [1.807, 2.05) is 38.2 Å². The Kier molecular flexibility index (Phi) is 8.77. The van der Waals surface area contributed by atoms with Gasteiger partial charge in [-0.2, -0.15) is 0 Å². The van der Waals surface area contributed by atoms with Gasteiger partial charge < -0.3 is 20.8 Å². The first-order chi connectivity index (χ1) is 17.9. The standard InChI is InChI=1S/C29H34ClN5O2/c1-18-6-4-7-20(12-18)29(36)34-15-21-14-33-16-25(30)24(21)17-37-27-9-5-8-22-23(26(32-3)10-11-31)13-19(2)35-28(22)27/h5,8-11,13-14,16,18,20,31-32H,4,6-7,12,15,17H2,1-3H3,(H,34,36)/b26-10-,31-11?. The van der Waals surface area contributed by atoms with Gasteiger partial charge in [0.05, 0.1) is 5.02 Å². The average Bonchev–Trinajstić information content (AvgIpc) is 2.89. The van der Waals surface area contributed by atoms with Gasteiger partial charge in [-0.3, -0.25) is 9.78 Å². The Hall–Kier alpha value is -3.45. The van der Waals surface area contributed by atoms with Gasteiger partial charge >= 0.3 is 0 Å². The minimum atomic E-state index is 0.0685. The molecule has 2 aromatic heterocycles. The molecule has 3 N–H and O–H groups in total. The molecule has 1 aliphatic rings. The van der Waals surface area contributed by atoms with E-state index < -0.39 is 0 Å². The number of allylic oxidation sites excluding steroid dienone is 1. The lowest BCUT2D eigenvalue weighted by molar-refractivity contribution is -0.126. The van der Waals surface area contributed by atoms with E-state index in [-0.39, 0.29) is 18.4 Å². The van der Waals surface area contributed by atoms with Gasteiger partial charge in [0.15, 0.2) is 0 Å². The van der Waals surface area contributed by atoms with Crippen molar-refractivity contribution < 1.29 is 9.53 Å². The number of benzene rings is 1. The minimum Gasteiger partial charge on any atom is -0.487 e. The lowest BCUT2D eigenvalue weighted by Crippen LogP contribution is -2.33. The fourth-order valence-corrected chi connectivity index (χ4v) is 5.28. The molecule has 1 amide bonds. The molecule has 194 valence electrons. The Bertz CT molecular complexity index is 1320. The van der Waals surface area contributed by atoms with Gasteiger partial charge in [0.25, 0.3) is 0 Å². The molecule has 7 nitrogen and oxygen atoms in total. The molecule has 3 aromatic rings. The summed E-state index contributed by atoms with van der Waals surface area (Å²) < 4.78 is 6.28. The molecule has 0 aliphatic heterocycles. The van der Waals surface area contributed by atoms with Crippen LogP contribution in [0.25, 0.3) is 16.6 Å². The van der Waals surface area contributed by atoms with Crippen LogP contribution in [0.5, 0.6) is 5.75 Å². The SMILES string of the molecule is CN/C(=C\C=N)c1cc(C)nc2c(OCc3c(Cl)cncc3CNC(=O)C3CCCC(C)C3)cccc12. The fourth-order valence-electron chi connectivity index (χ4n) is 5.05. The number of carbonyl (C=O) groups excluding carboxylic acids is 1. The Balaban J connectivity index is 1.56. The third-order valence-corrected chi connectivity index (χ3v) is 7.29. The molecule has 0 bridgehead atoms. The van der Waals surface area contributed by atoms with E-state index in [0.717, 1.165) is 58.2 Å². The minimum absolute atomic E-state index is 0.0685. The third-order valence-electron chi connectivity index (χ3n) is 6.97. The summed E-state index contributed by atoms with van der Waals surface area (Å²) in [5.41, 5.74) is 4.97. The number of para-hydroxylation sites is 1. The molecular weight excluding hydrogens is 486 g/mol. The molecule has 2 atom stereocenters. The van der Waals surface area contributed by atoms with Gasteiger partial charge in [-0.25, -0.2) is 4.98 Å². The Morgan fingerprint density at radius 1 is 1.30 bits per heavy atom. The zero-order valence-corrected chi connectivity index (χ0v) is 22.4. The number of halogens is 1. The summed E-state index contributed by atoms with van der Waals surface area (Å²) in [5.74, 6) is 1.38. The number of aromatic nitrogens is 2. The van der Waals surface area contributed by atoms with Gasteiger partial charge in [0.1, 0.15) is 17.9 Å². The first-order valence-electron chi connectivity index (χ1n) is 12.7. The summed E-state index contributed by atoms with van der Waals surface area (Å²) in [5, 5.41) is 15.2. The summed E-state index contributed by atoms with van der Waals surface area (Å²) >= 11 is 6.53. The maximum atomic E-state index is 12.8. The molecule has 0 saturated heterocycles. The fraction of sp³-hybridized carbons (Fsp3) is 0.379. The van der Waals surface area contributed by atoms with Gasteiger partial charge in [0, 0.05) is 66.0 Å². The van der Waals surface area contributed by atoms with Crippen LogP contribution in [0.15, 0.2) is 42.7 Å². The number of hydrogen-bond donors (Lipinski definition) is 3. The summed E-state index contributed by atoms with van der Waals surface area (Å²) in [6.07, 6.45) is 10.5. The molecule has 2 unspecified atom stereocenters. The maximum Gasteiger partial charge on any atom is 0.223 e. The Labute approximate surface area is 223 Å². The highest BCUT2D eigenvalue weighted by Gasteiger charge is 2.25. The number of rotatable bonds is 9. The van der Waals surface area contributed by atoms with Crippen LogP contribution in [-0.4, -0.2) is 29.1 Å². The highest BCUT2D eigenvalue weighted by molar-refractivity contribution is 6.31. The first-order valence-corrected chi connectivity index (χ1v) is 13.1. The van der Waals surface area contributed by atoms with Crippen molar-refractivity contribution in [2.24, 2.45) is 11.8 Å². The van der Waals surface area contributed by atoms with Crippen molar-refractivity contribution in [3.8, 4) is 5.75 Å². The summed E-state index contributed by atoms with van der Waals surface area (Å²) in [4.78, 5) is 21.8. The van der Waals surface area contributed by atoms with E-state index in [2.05, 4.69) is 22.5 Å². The van der Waals surface area contributed by atoms with Crippen LogP contribution in [0.4, 0.5) is 0 Å². The number of aryl methyl sites for hydroxylation is 1. The largest absolute Gasteiger partial charge is 0.487 e. The van der Waals surface area contributed by atoms with Crippen LogP contribution in [0, 0.1) is 24.2 Å². The summed E-state index contributed by atoms with van der Waals surface area (Å²) in [6, 6.07) is 7.80. The third kappa shape index (κ3) is 6.28. The molecule has 37 heavy (non-hydrogen) atoms. The highest BCUT2D eigenvalue weighted by atomic mass is 35.5. The van der Waals surface area contributed by atoms with E-state index in [1.165, 1.54) is 12.6 Å². The maximum absolute atomic E-state index is 12.8. The second-order valence-corrected chi connectivity index (χ2v) is 10.1. The number of carbonyl (C=O) groups is 1. The lowest BCUT2D eigenvalue weighted by Gasteiger charge is -2.26. The van der Waals surface area contributed by atoms with E-state index in [9.17, 15) is 4.79 Å². The molecule has 2 heterocycles. The van der Waals surface area contributed by atoms with Gasteiger partial charge in [0.2, 0.25) is 5.91 Å². The van der Waals surface area contributed by atoms with Crippen molar-refractivity contribution in [2.75, 3.05) is 7.05 Å². The smallest absolute Gasteiger partial charge is 0.223 e. The molecule has 1 fully saturated rings. The van der Waals surface area contributed by atoms with Gasteiger partial charge in [-0.05, 0) is 49.5 Å². The summed E-state index contributed by atoms with van der Waals surface area (Å²) in [7, 11) is 1.83. The normalized spacial score (nSPS) is 17.9. The summed E-state index contributed by atoms with van der Waals surface area (Å²) in [6.45, 7) is 4.72. The van der Waals surface area contributed by atoms with Gasteiger partial charge in [-0.1, -0.05) is 43.5 Å². The van der Waals surface area contributed by atoms with Crippen LogP contribution in [0.3, 0.4) is 0 Å². The van der Waals surface area contributed by atoms with E-state index in [0.29, 0.717) is 23.2 Å². The predicted octanol–water partition coefficient (Wildman–Crippen LogP) is 5.82. The van der Waals surface area contributed by atoms with Crippen LogP contribution < -0.4 is 15.4 Å². The van der Waals surface area contributed by atoms with Crippen molar-refractivity contribution in [3.05, 3.63) is 70.1 Å². The number of fused-ring (bicyclic) bond motifs is 1. The van der Waals surface area contributed by atoms with Crippen molar-refractivity contribution in [1.82, 2.24) is 20.6 Å². The number of hydrogen-bond acceptors (Lipinski definition) is 6. The number of nitrogens with one attached hydrogen (secondary N) is 3. The molecule has 0 spiro atoms. The van der Waals surface area contributed by atoms with Crippen LogP contribution in [-0.2, 0) is 17.9 Å². The zero-order valence-electron chi connectivity index (χ0n) is 21.6.